The van der Waals surface area contributed by atoms with Crippen LogP contribution < -0.4 is 10.9 Å². The molecule has 0 fully saturated rings. The minimum Gasteiger partial charge on any atom is -0.378 e. The quantitative estimate of drug-likeness (QED) is 0.775. The average molecular weight is 330 g/mol. The zero-order chi connectivity index (χ0) is 13.9. The van der Waals surface area contributed by atoms with E-state index in [2.05, 4.69) is 31.2 Å². The molecule has 2 aromatic carbocycles. The van der Waals surface area contributed by atoms with Crippen LogP contribution in [0.25, 0.3) is 10.9 Å². The highest BCUT2D eigenvalue weighted by Crippen LogP contribution is 2.14. The van der Waals surface area contributed by atoms with Crippen LogP contribution in [0.4, 0.5) is 5.69 Å². The van der Waals surface area contributed by atoms with Crippen molar-refractivity contribution in [1.82, 2.24) is 9.97 Å². The fraction of sp³-hybridized carbons (Fsp3) is 0.0667. The molecule has 4 nitrogen and oxygen atoms in total. The van der Waals surface area contributed by atoms with Gasteiger partial charge in [-0.25, -0.2) is 4.98 Å². The van der Waals surface area contributed by atoms with Crippen molar-refractivity contribution in [2.45, 2.75) is 6.54 Å². The third-order valence-corrected chi connectivity index (χ3v) is 3.49. The van der Waals surface area contributed by atoms with E-state index in [1.54, 1.807) is 6.07 Å². The second-order valence-electron chi connectivity index (χ2n) is 4.39. The maximum absolute atomic E-state index is 11.9. The van der Waals surface area contributed by atoms with E-state index in [-0.39, 0.29) is 5.56 Å². The summed E-state index contributed by atoms with van der Waals surface area (Å²) in [5.41, 5.74) is 1.58. The lowest BCUT2D eigenvalue weighted by Crippen LogP contribution is -2.14. The van der Waals surface area contributed by atoms with E-state index in [0.29, 0.717) is 23.3 Å². The fourth-order valence-corrected chi connectivity index (χ4v) is 2.24. The SMILES string of the molecule is O=c1[nH]c(CNc2ccc(Br)cc2)nc2ccccc12. The lowest BCUT2D eigenvalue weighted by Gasteiger charge is -2.06. The summed E-state index contributed by atoms with van der Waals surface area (Å²) in [4.78, 5) is 19.2. The molecule has 0 aliphatic heterocycles. The predicted octanol–water partition coefficient (Wildman–Crippen LogP) is 3.30. The van der Waals surface area contributed by atoms with E-state index in [0.717, 1.165) is 10.2 Å². The number of nitrogens with one attached hydrogen (secondary N) is 2. The monoisotopic (exact) mass is 329 g/mol. The number of aromatic amines is 1. The summed E-state index contributed by atoms with van der Waals surface area (Å²) >= 11 is 3.39. The molecule has 3 rings (SSSR count). The van der Waals surface area contributed by atoms with E-state index in [1.165, 1.54) is 0 Å². The Morgan fingerprint density at radius 2 is 1.85 bits per heavy atom. The van der Waals surface area contributed by atoms with Gasteiger partial charge >= 0.3 is 0 Å². The van der Waals surface area contributed by atoms with Gasteiger partial charge in [0.15, 0.2) is 0 Å². The van der Waals surface area contributed by atoms with Crippen molar-refractivity contribution in [3.8, 4) is 0 Å². The molecular weight excluding hydrogens is 318 g/mol. The number of para-hydroxylation sites is 1. The third-order valence-electron chi connectivity index (χ3n) is 2.97. The van der Waals surface area contributed by atoms with E-state index >= 15 is 0 Å². The Morgan fingerprint density at radius 3 is 2.65 bits per heavy atom. The van der Waals surface area contributed by atoms with Gasteiger partial charge in [-0.05, 0) is 36.4 Å². The van der Waals surface area contributed by atoms with Gasteiger partial charge in [-0.1, -0.05) is 28.1 Å². The lowest BCUT2D eigenvalue weighted by atomic mass is 10.2. The molecule has 0 aliphatic carbocycles. The number of H-pyrrole nitrogens is 1. The first-order valence-corrected chi connectivity index (χ1v) is 6.99. The van der Waals surface area contributed by atoms with E-state index < -0.39 is 0 Å². The number of halogens is 1. The Kier molecular flexibility index (Phi) is 3.52. The molecule has 1 aromatic heterocycles. The van der Waals surface area contributed by atoms with Gasteiger partial charge in [-0.15, -0.1) is 0 Å². The molecule has 100 valence electrons. The molecule has 0 unspecified atom stereocenters. The number of hydrogen-bond acceptors (Lipinski definition) is 3. The van der Waals surface area contributed by atoms with Crippen LogP contribution in [0.3, 0.4) is 0 Å². The number of nitrogens with zero attached hydrogens (tertiary/aromatic N) is 1. The van der Waals surface area contributed by atoms with Crippen LogP contribution >= 0.6 is 15.9 Å². The highest BCUT2D eigenvalue weighted by atomic mass is 79.9. The number of hydrogen-bond donors (Lipinski definition) is 2. The third kappa shape index (κ3) is 2.72. The Balaban J connectivity index is 1.84. The Hall–Kier alpha value is -2.14. The highest BCUT2D eigenvalue weighted by molar-refractivity contribution is 9.10. The van der Waals surface area contributed by atoms with E-state index in [4.69, 9.17) is 0 Å². The number of fused-ring (bicyclic) bond motifs is 1. The van der Waals surface area contributed by atoms with Gasteiger partial charge in [-0.2, -0.15) is 0 Å². The molecule has 0 saturated carbocycles. The second-order valence-corrected chi connectivity index (χ2v) is 5.31. The second kappa shape index (κ2) is 5.46. The molecule has 20 heavy (non-hydrogen) atoms. The number of anilines is 1. The summed E-state index contributed by atoms with van der Waals surface area (Å²) in [5.74, 6) is 0.622. The predicted molar refractivity (Wildman–Crippen MR) is 83.8 cm³/mol. The molecule has 0 saturated heterocycles. The topological polar surface area (TPSA) is 57.8 Å². The van der Waals surface area contributed by atoms with Crippen LogP contribution in [-0.2, 0) is 6.54 Å². The van der Waals surface area contributed by atoms with Crippen LogP contribution in [0.5, 0.6) is 0 Å². The Bertz CT molecular complexity index is 796. The maximum Gasteiger partial charge on any atom is 0.258 e. The number of aromatic nitrogens is 2. The van der Waals surface area contributed by atoms with Gasteiger partial charge in [0, 0.05) is 10.2 Å². The van der Waals surface area contributed by atoms with Crippen molar-refractivity contribution in [2.75, 3.05) is 5.32 Å². The summed E-state index contributed by atoms with van der Waals surface area (Å²) < 4.78 is 1.03. The average Bonchev–Trinajstić information content (AvgIpc) is 2.47. The molecule has 3 aromatic rings. The number of rotatable bonds is 3. The van der Waals surface area contributed by atoms with E-state index in [1.807, 2.05) is 42.5 Å². The van der Waals surface area contributed by atoms with Crippen LogP contribution in [-0.4, -0.2) is 9.97 Å². The number of benzene rings is 2. The minimum absolute atomic E-state index is 0.108. The zero-order valence-corrected chi connectivity index (χ0v) is 12.1. The van der Waals surface area contributed by atoms with Gasteiger partial charge in [-0.3, -0.25) is 4.79 Å². The molecule has 0 aliphatic rings. The molecule has 2 N–H and O–H groups in total. The standard InChI is InChI=1S/C15H12BrN3O/c16-10-5-7-11(8-6-10)17-9-14-18-13-4-2-1-3-12(13)15(20)19-14/h1-8,17H,9H2,(H,18,19,20). The minimum atomic E-state index is -0.108. The van der Waals surface area contributed by atoms with Gasteiger partial charge in [0.2, 0.25) is 0 Å². The van der Waals surface area contributed by atoms with Crippen molar-refractivity contribution in [3.05, 3.63) is 69.2 Å². The Morgan fingerprint density at radius 1 is 1.10 bits per heavy atom. The van der Waals surface area contributed by atoms with Gasteiger partial charge in [0.05, 0.1) is 17.4 Å². The summed E-state index contributed by atoms with van der Waals surface area (Å²) in [6.07, 6.45) is 0. The van der Waals surface area contributed by atoms with Gasteiger partial charge < -0.3 is 10.3 Å². The van der Waals surface area contributed by atoms with Gasteiger partial charge in [0.1, 0.15) is 5.82 Å². The van der Waals surface area contributed by atoms with Crippen molar-refractivity contribution in [3.63, 3.8) is 0 Å². The van der Waals surface area contributed by atoms with Crippen molar-refractivity contribution >= 4 is 32.5 Å². The molecule has 0 bridgehead atoms. The van der Waals surface area contributed by atoms with Crippen molar-refractivity contribution in [1.29, 1.82) is 0 Å². The van der Waals surface area contributed by atoms with Crippen LogP contribution in [0.1, 0.15) is 5.82 Å². The maximum atomic E-state index is 11.9. The first kappa shape index (κ1) is 12.9. The normalized spacial score (nSPS) is 10.7. The molecular formula is C15H12BrN3O. The first-order valence-electron chi connectivity index (χ1n) is 6.20. The largest absolute Gasteiger partial charge is 0.378 e. The summed E-state index contributed by atoms with van der Waals surface area (Å²) in [7, 11) is 0. The highest BCUT2D eigenvalue weighted by Gasteiger charge is 2.02. The molecule has 0 atom stereocenters. The lowest BCUT2D eigenvalue weighted by molar-refractivity contribution is 0.953. The zero-order valence-electron chi connectivity index (χ0n) is 10.6. The first-order chi connectivity index (χ1) is 9.72. The molecule has 1 heterocycles. The van der Waals surface area contributed by atoms with E-state index in [9.17, 15) is 4.79 Å². The fourth-order valence-electron chi connectivity index (χ4n) is 1.97. The summed E-state index contributed by atoms with van der Waals surface area (Å²) in [6, 6.07) is 15.2. The Labute approximate surface area is 124 Å². The molecule has 0 amide bonds. The van der Waals surface area contributed by atoms with Crippen LogP contribution in [0, 0.1) is 0 Å². The molecule has 0 spiro atoms. The van der Waals surface area contributed by atoms with Crippen LogP contribution in [0.15, 0.2) is 57.8 Å². The summed E-state index contributed by atoms with van der Waals surface area (Å²) in [6.45, 7) is 0.474. The smallest absolute Gasteiger partial charge is 0.258 e. The van der Waals surface area contributed by atoms with Gasteiger partial charge in [0.25, 0.3) is 5.56 Å². The molecule has 0 radical (unpaired) electrons. The van der Waals surface area contributed by atoms with Crippen molar-refractivity contribution < 1.29 is 0 Å². The van der Waals surface area contributed by atoms with Crippen molar-refractivity contribution in [2.24, 2.45) is 0 Å². The van der Waals surface area contributed by atoms with Crippen LogP contribution in [0.2, 0.25) is 0 Å². The summed E-state index contributed by atoms with van der Waals surface area (Å²) in [5, 5.41) is 3.84. The molecule has 5 heteroatoms.